The number of furan rings is 1. The smallest absolute Gasteiger partial charge is 0.248 e. The minimum Gasteiger partial charge on any atom is -0.493 e. The van der Waals surface area contributed by atoms with Gasteiger partial charge in [-0.3, -0.25) is 4.79 Å². The van der Waals surface area contributed by atoms with Crippen LogP contribution >= 0.6 is 0 Å². The Kier molecular flexibility index (Phi) is 4.89. The van der Waals surface area contributed by atoms with Crippen LogP contribution in [0.5, 0.6) is 5.75 Å². The van der Waals surface area contributed by atoms with E-state index in [1.54, 1.807) is 24.3 Å². The molecule has 1 heterocycles. The van der Waals surface area contributed by atoms with Gasteiger partial charge in [-0.25, -0.2) is 0 Å². The Morgan fingerprint density at radius 1 is 1.23 bits per heavy atom. The molecule has 132 valence electrons. The van der Waals surface area contributed by atoms with Gasteiger partial charge in [-0.15, -0.1) is 0 Å². The SMILES string of the molecule is COc1cccc2c(NC(=O)/C=C/c3ccccc3)c(/C(N)=N/O)oc12. The van der Waals surface area contributed by atoms with E-state index in [0.717, 1.165) is 5.56 Å². The number of carbonyl (C=O) groups excluding carboxylic acids is 1. The third kappa shape index (κ3) is 3.36. The standard InChI is InChI=1S/C19H17N3O4/c1-25-14-9-5-8-13-16(18(19(20)22-24)26-17(13)14)21-15(23)11-10-12-6-3-2-4-7-12/h2-11,24H,1H3,(H2,20,22)(H,21,23)/b11-10+. The Hall–Kier alpha value is -3.74. The Balaban J connectivity index is 1.98. The van der Waals surface area contributed by atoms with Gasteiger partial charge in [0.2, 0.25) is 11.7 Å². The first-order valence-electron chi connectivity index (χ1n) is 7.75. The third-order valence-electron chi connectivity index (χ3n) is 3.71. The van der Waals surface area contributed by atoms with Crippen LogP contribution in [0.3, 0.4) is 0 Å². The number of rotatable bonds is 5. The van der Waals surface area contributed by atoms with Crippen molar-refractivity contribution in [2.75, 3.05) is 12.4 Å². The van der Waals surface area contributed by atoms with Gasteiger partial charge in [0.15, 0.2) is 17.1 Å². The fourth-order valence-corrected chi connectivity index (χ4v) is 2.50. The van der Waals surface area contributed by atoms with Crippen LogP contribution < -0.4 is 15.8 Å². The van der Waals surface area contributed by atoms with Crippen LogP contribution in [0.1, 0.15) is 11.3 Å². The third-order valence-corrected chi connectivity index (χ3v) is 3.71. The number of amides is 1. The van der Waals surface area contributed by atoms with Gasteiger partial charge in [0.25, 0.3) is 0 Å². The molecule has 7 nitrogen and oxygen atoms in total. The number of anilines is 1. The maximum Gasteiger partial charge on any atom is 0.248 e. The lowest BCUT2D eigenvalue weighted by Gasteiger charge is -2.03. The maximum atomic E-state index is 12.3. The van der Waals surface area contributed by atoms with Crippen molar-refractivity contribution in [2.45, 2.75) is 0 Å². The first-order chi connectivity index (χ1) is 12.6. The number of benzene rings is 2. The molecular weight excluding hydrogens is 334 g/mol. The van der Waals surface area contributed by atoms with E-state index in [0.29, 0.717) is 22.4 Å². The molecule has 0 aliphatic rings. The minimum absolute atomic E-state index is 0.0495. The van der Waals surface area contributed by atoms with E-state index < -0.39 is 0 Å². The Labute approximate surface area is 149 Å². The van der Waals surface area contributed by atoms with Crippen molar-refractivity contribution in [1.82, 2.24) is 0 Å². The van der Waals surface area contributed by atoms with Gasteiger partial charge in [-0.2, -0.15) is 0 Å². The highest BCUT2D eigenvalue weighted by molar-refractivity contribution is 6.14. The highest BCUT2D eigenvalue weighted by Gasteiger charge is 2.21. The molecule has 0 radical (unpaired) electrons. The van der Waals surface area contributed by atoms with Gasteiger partial charge in [-0.1, -0.05) is 41.6 Å². The number of nitrogens with one attached hydrogen (secondary N) is 1. The fraction of sp³-hybridized carbons (Fsp3) is 0.0526. The lowest BCUT2D eigenvalue weighted by molar-refractivity contribution is -0.111. The summed E-state index contributed by atoms with van der Waals surface area (Å²) in [7, 11) is 1.50. The Bertz CT molecular complexity index is 991. The van der Waals surface area contributed by atoms with Crippen molar-refractivity contribution in [3.8, 4) is 5.75 Å². The number of oxime groups is 1. The van der Waals surface area contributed by atoms with Crippen molar-refractivity contribution in [2.24, 2.45) is 10.9 Å². The van der Waals surface area contributed by atoms with Crippen LogP contribution in [0.2, 0.25) is 0 Å². The van der Waals surface area contributed by atoms with Crippen LogP contribution in [0.15, 0.2) is 64.2 Å². The van der Waals surface area contributed by atoms with Gasteiger partial charge < -0.3 is 25.4 Å². The van der Waals surface area contributed by atoms with Crippen molar-refractivity contribution >= 4 is 34.5 Å². The van der Waals surface area contributed by atoms with Gasteiger partial charge in [0.05, 0.1) is 12.8 Å². The number of amidine groups is 1. The summed E-state index contributed by atoms with van der Waals surface area (Å²) in [6.07, 6.45) is 3.08. The number of fused-ring (bicyclic) bond motifs is 1. The number of hydrogen-bond donors (Lipinski definition) is 3. The molecule has 0 saturated carbocycles. The fourth-order valence-electron chi connectivity index (χ4n) is 2.50. The summed E-state index contributed by atoms with van der Waals surface area (Å²) >= 11 is 0. The molecule has 1 aromatic heterocycles. The molecule has 3 aromatic rings. The summed E-state index contributed by atoms with van der Waals surface area (Å²) in [5.74, 6) is -0.125. The lowest BCUT2D eigenvalue weighted by atomic mass is 10.2. The van der Waals surface area contributed by atoms with E-state index in [9.17, 15) is 4.79 Å². The Morgan fingerprint density at radius 2 is 2.00 bits per heavy atom. The zero-order valence-corrected chi connectivity index (χ0v) is 14.0. The molecule has 4 N–H and O–H groups in total. The van der Waals surface area contributed by atoms with Crippen LogP contribution in [0, 0.1) is 0 Å². The normalized spacial score (nSPS) is 11.8. The molecule has 26 heavy (non-hydrogen) atoms. The van der Waals surface area contributed by atoms with E-state index >= 15 is 0 Å². The lowest BCUT2D eigenvalue weighted by Crippen LogP contribution is -2.16. The molecule has 0 atom stereocenters. The second-order valence-corrected chi connectivity index (χ2v) is 5.36. The Morgan fingerprint density at radius 3 is 2.69 bits per heavy atom. The number of hydrogen-bond acceptors (Lipinski definition) is 5. The van der Waals surface area contributed by atoms with E-state index in [-0.39, 0.29) is 17.5 Å². The number of ether oxygens (including phenoxy) is 1. The summed E-state index contributed by atoms with van der Waals surface area (Å²) in [5, 5.41) is 15.3. The highest BCUT2D eigenvalue weighted by atomic mass is 16.5. The molecule has 0 aliphatic heterocycles. The van der Waals surface area contributed by atoms with Crippen molar-refractivity contribution in [3.05, 3.63) is 65.9 Å². The first kappa shape index (κ1) is 17.1. The number of para-hydroxylation sites is 1. The molecule has 2 aromatic carbocycles. The monoisotopic (exact) mass is 351 g/mol. The van der Waals surface area contributed by atoms with Gasteiger partial charge in [-0.05, 0) is 23.8 Å². The zero-order chi connectivity index (χ0) is 18.5. The van der Waals surface area contributed by atoms with Gasteiger partial charge in [0, 0.05) is 11.5 Å². The average Bonchev–Trinajstić information content (AvgIpc) is 3.05. The number of nitrogens with two attached hydrogens (primary N) is 1. The molecule has 0 bridgehead atoms. The summed E-state index contributed by atoms with van der Waals surface area (Å²) in [4.78, 5) is 12.3. The predicted molar refractivity (Wildman–Crippen MR) is 99.4 cm³/mol. The molecule has 0 unspecified atom stereocenters. The molecule has 0 fully saturated rings. The number of methoxy groups -OCH3 is 1. The van der Waals surface area contributed by atoms with Crippen molar-refractivity contribution in [3.63, 3.8) is 0 Å². The summed E-state index contributed by atoms with van der Waals surface area (Å²) in [5.41, 5.74) is 7.26. The molecule has 3 rings (SSSR count). The van der Waals surface area contributed by atoms with Gasteiger partial charge in [0.1, 0.15) is 0 Å². The minimum atomic E-state index is -0.383. The van der Waals surface area contributed by atoms with Crippen LogP contribution in [-0.4, -0.2) is 24.1 Å². The zero-order valence-electron chi connectivity index (χ0n) is 14.0. The summed E-state index contributed by atoms with van der Waals surface area (Å²) < 4.78 is 10.9. The second kappa shape index (κ2) is 7.43. The molecule has 7 heteroatoms. The maximum absolute atomic E-state index is 12.3. The average molecular weight is 351 g/mol. The van der Waals surface area contributed by atoms with Crippen LogP contribution in [0.4, 0.5) is 5.69 Å². The molecule has 1 amide bonds. The largest absolute Gasteiger partial charge is 0.493 e. The predicted octanol–water partition coefficient (Wildman–Crippen LogP) is 3.19. The molecular formula is C19H17N3O4. The number of carbonyl (C=O) groups is 1. The van der Waals surface area contributed by atoms with Crippen LogP contribution in [0.25, 0.3) is 17.0 Å². The molecule has 0 spiro atoms. The van der Waals surface area contributed by atoms with E-state index in [4.69, 9.17) is 20.1 Å². The summed E-state index contributed by atoms with van der Waals surface area (Å²) in [6, 6.07) is 14.6. The van der Waals surface area contributed by atoms with E-state index in [1.165, 1.54) is 13.2 Å². The summed E-state index contributed by atoms with van der Waals surface area (Å²) in [6.45, 7) is 0. The highest BCUT2D eigenvalue weighted by Crippen LogP contribution is 2.36. The van der Waals surface area contributed by atoms with Crippen molar-refractivity contribution < 1.29 is 19.2 Å². The first-order valence-corrected chi connectivity index (χ1v) is 7.75. The number of nitrogens with zero attached hydrogens (tertiary/aromatic N) is 1. The van der Waals surface area contributed by atoms with E-state index in [2.05, 4.69) is 10.5 Å². The van der Waals surface area contributed by atoms with Crippen molar-refractivity contribution in [1.29, 1.82) is 0 Å². The molecule has 0 saturated heterocycles. The quantitative estimate of drug-likeness (QED) is 0.215. The van der Waals surface area contributed by atoms with Crippen LogP contribution in [-0.2, 0) is 4.79 Å². The topological polar surface area (TPSA) is 110 Å². The molecule has 0 aliphatic carbocycles. The van der Waals surface area contributed by atoms with Gasteiger partial charge >= 0.3 is 0 Å². The van der Waals surface area contributed by atoms with E-state index in [1.807, 2.05) is 30.3 Å². The second-order valence-electron chi connectivity index (χ2n) is 5.36.